The number of hydrogen-bond acceptors (Lipinski definition) is 2. The molecule has 0 bridgehead atoms. The quantitative estimate of drug-likeness (QED) is 0.823. The van der Waals surface area contributed by atoms with Crippen molar-refractivity contribution in [2.45, 2.75) is 20.8 Å². The van der Waals surface area contributed by atoms with Crippen LogP contribution in [-0.4, -0.2) is 34.9 Å². The maximum Gasteiger partial charge on any atom is 0.272 e. The minimum Gasteiger partial charge on any atom is -0.361 e. The fraction of sp³-hybridized carbons (Fsp3) is 0.385. The Bertz CT molecular complexity index is 514. The Kier molecular flexibility index (Phi) is 4.26. The van der Waals surface area contributed by atoms with E-state index in [0.29, 0.717) is 5.69 Å². The summed E-state index contributed by atoms with van der Waals surface area (Å²) >= 11 is 0. The number of fused-ring (bicyclic) bond motifs is 1. The highest BCUT2D eigenvalue weighted by atomic mass is 16.2. The zero-order chi connectivity index (χ0) is 13.0. The van der Waals surface area contributed by atoms with Crippen molar-refractivity contribution in [3.63, 3.8) is 0 Å². The molecule has 2 aromatic rings. The number of carbonyl (C=O) groups excluding carboxylic acids is 1. The van der Waals surface area contributed by atoms with Gasteiger partial charge in [0.15, 0.2) is 0 Å². The normalized spacial score (nSPS) is 9.71. The first-order chi connectivity index (χ1) is 8.09. The highest BCUT2D eigenvalue weighted by molar-refractivity contribution is 5.95. The number of carbonyl (C=O) groups is 1. The first-order valence-electron chi connectivity index (χ1n) is 5.75. The number of rotatable bonds is 1. The summed E-state index contributed by atoms with van der Waals surface area (Å²) in [4.78, 5) is 20.4. The van der Waals surface area contributed by atoms with Gasteiger partial charge in [0, 0.05) is 37.4 Å². The van der Waals surface area contributed by atoms with Crippen LogP contribution in [0, 0.1) is 6.92 Å². The molecule has 0 saturated heterocycles. The third-order valence-corrected chi connectivity index (χ3v) is 2.40. The van der Waals surface area contributed by atoms with Crippen LogP contribution in [0.25, 0.3) is 10.9 Å². The lowest BCUT2D eigenvalue weighted by atomic mass is 10.2. The second-order valence-electron chi connectivity index (χ2n) is 3.79. The van der Waals surface area contributed by atoms with Crippen LogP contribution < -0.4 is 0 Å². The average Bonchev–Trinajstić information content (AvgIpc) is 2.72. The fourth-order valence-corrected chi connectivity index (χ4v) is 1.50. The Labute approximate surface area is 102 Å². The second-order valence-corrected chi connectivity index (χ2v) is 3.79. The largest absolute Gasteiger partial charge is 0.361 e. The van der Waals surface area contributed by atoms with Crippen LogP contribution >= 0.6 is 0 Å². The molecule has 1 amide bonds. The summed E-state index contributed by atoms with van der Waals surface area (Å²) in [5, 5.41) is 1.06. The van der Waals surface area contributed by atoms with Crippen molar-refractivity contribution in [1.29, 1.82) is 0 Å². The van der Waals surface area contributed by atoms with Crippen LogP contribution in [0.4, 0.5) is 0 Å². The highest BCUT2D eigenvalue weighted by Gasteiger charge is 2.10. The predicted octanol–water partition coefficient (Wildman–Crippen LogP) is 2.60. The van der Waals surface area contributed by atoms with Crippen molar-refractivity contribution in [3.8, 4) is 0 Å². The summed E-state index contributed by atoms with van der Waals surface area (Å²) in [7, 11) is 3.43. The standard InChI is InChI=1S/C11H13N3O.C2H6/c1-7-5-12-9-4-10(11(15)14(2)3)13-6-8(7)9;1-2/h4-6,12H,1-3H3;1-2H3. The van der Waals surface area contributed by atoms with Gasteiger partial charge in [-0.2, -0.15) is 0 Å². The molecule has 0 aliphatic carbocycles. The van der Waals surface area contributed by atoms with Crippen molar-refractivity contribution in [2.75, 3.05) is 14.1 Å². The third kappa shape index (κ3) is 2.64. The molecular formula is C13H19N3O. The molecule has 0 saturated carbocycles. The van der Waals surface area contributed by atoms with Gasteiger partial charge in [0.25, 0.3) is 5.91 Å². The summed E-state index contributed by atoms with van der Waals surface area (Å²) in [5.74, 6) is -0.0795. The lowest BCUT2D eigenvalue weighted by molar-refractivity contribution is 0.0822. The van der Waals surface area contributed by atoms with E-state index in [2.05, 4.69) is 9.97 Å². The van der Waals surface area contributed by atoms with E-state index in [1.54, 1.807) is 26.4 Å². The topological polar surface area (TPSA) is 49.0 Å². The van der Waals surface area contributed by atoms with Crippen LogP contribution in [0.2, 0.25) is 0 Å². The summed E-state index contributed by atoms with van der Waals surface area (Å²) in [6.45, 7) is 6.01. The molecule has 4 nitrogen and oxygen atoms in total. The zero-order valence-electron chi connectivity index (χ0n) is 11.0. The Hall–Kier alpha value is -1.84. The van der Waals surface area contributed by atoms with Gasteiger partial charge in [0.1, 0.15) is 5.69 Å². The Morgan fingerprint density at radius 1 is 1.35 bits per heavy atom. The van der Waals surface area contributed by atoms with E-state index in [9.17, 15) is 4.79 Å². The van der Waals surface area contributed by atoms with Crippen molar-refractivity contribution in [2.24, 2.45) is 0 Å². The molecule has 2 aromatic heterocycles. The number of nitrogens with one attached hydrogen (secondary N) is 1. The molecule has 0 fully saturated rings. The summed E-state index contributed by atoms with van der Waals surface area (Å²) in [5.41, 5.74) is 2.56. The van der Waals surface area contributed by atoms with Gasteiger partial charge in [0.05, 0.1) is 0 Å². The van der Waals surface area contributed by atoms with Gasteiger partial charge >= 0.3 is 0 Å². The fourth-order valence-electron chi connectivity index (χ4n) is 1.50. The summed E-state index contributed by atoms with van der Waals surface area (Å²) < 4.78 is 0. The molecule has 17 heavy (non-hydrogen) atoms. The van der Waals surface area contributed by atoms with Gasteiger partial charge in [-0.05, 0) is 18.6 Å². The molecule has 1 N–H and O–H groups in total. The van der Waals surface area contributed by atoms with E-state index in [-0.39, 0.29) is 5.91 Å². The van der Waals surface area contributed by atoms with Crippen molar-refractivity contribution in [1.82, 2.24) is 14.9 Å². The minimum atomic E-state index is -0.0795. The van der Waals surface area contributed by atoms with Crippen LogP contribution in [0.1, 0.15) is 29.9 Å². The van der Waals surface area contributed by atoms with Gasteiger partial charge in [-0.25, -0.2) is 0 Å². The SMILES string of the molecule is CC.Cc1c[nH]c2cc(C(=O)N(C)C)ncc12. The Morgan fingerprint density at radius 2 is 2.00 bits per heavy atom. The van der Waals surface area contributed by atoms with Gasteiger partial charge < -0.3 is 9.88 Å². The molecular weight excluding hydrogens is 214 g/mol. The summed E-state index contributed by atoms with van der Waals surface area (Å²) in [6, 6.07) is 1.78. The lowest BCUT2D eigenvalue weighted by Crippen LogP contribution is -2.22. The number of hydrogen-bond donors (Lipinski definition) is 1. The molecule has 4 heteroatoms. The molecule has 92 valence electrons. The highest BCUT2D eigenvalue weighted by Crippen LogP contribution is 2.17. The van der Waals surface area contributed by atoms with E-state index in [1.807, 2.05) is 27.0 Å². The molecule has 0 aromatic carbocycles. The molecule has 0 aliphatic heterocycles. The number of H-pyrrole nitrogens is 1. The molecule has 0 aliphatic rings. The molecule has 2 heterocycles. The van der Waals surface area contributed by atoms with Crippen LogP contribution in [-0.2, 0) is 0 Å². The van der Waals surface area contributed by atoms with Crippen molar-refractivity contribution in [3.05, 3.63) is 29.7 Å². The third-order valence-electron chi connectivity index (χ3n) is 2.40. The maximum atomic E-state index is 11.6. The second kappa shape index (κ2) is 5.48. The zero-order valence-corrected chi connectivity index (χ0v) is 11.0. The predicted molar refractivity (Wildman–Crippen MR) is 70.2 cm³/mol. The van der Waals surface area contributed by atoms with Crippen molar-refractivity contribution >= 4 is 16.8 Å². The first kappa shape index (κ1) is 13.2. The van der Waals surface area contributed by atoms with E-state index in [1.165, 1.54) is 4.90 Å². The maximum absolute atomic E-state index is 11.6. The molecule has 0 unspecified atom stereocenters. The van der Waals surface area contributed by atoms with E-state index in [0.717, 1.165) is 16.5 Å². The first-order valence-corrected chi connectivity index (χ1v) is 5.75. The Morgan fingerprint density at radius 3 is 2.59 bits per heavy atom. The van der Waals surface area contributed by atoms with Crippen LogP contribution in [0.3, 0.4) is 0 Å². The molecule has 0 radical (unpaired) electrons. The summed E-state index contributed by atoms with van der Waals surface area (Å²) in [6.07, 6.45) is 3.65. The number of aromatic nitrogens is 2. The lowest BCUT2D eigenvalue weighted by Gasteiger charge is -2.08. The average molecular weight is 233 g/mol. The van der Waals surface area contributed by atoms with Gasteiger partial charge in [-0.1, -0.05) is 13.8 Å². The van der Waals surface area contributed by atoms with E-state index < -0.39 is 0 Å². The van der Waals surface area contributed by atoms with Gasteiger partial charge in [0.2, 0.25) is 0 Å². The number of aryl methyl sites for hydroxylation is 1. The molecule has 0 spiro atoms. The monoisotopic (exact) mass is 233 g/mol. The van der Waals surface area contributed by atoms with E-state index in [4.69, 9.17) is 0 Å². The van der Waals surface area contributed by atoms with Crippen molar-refractivity contribution < 1.29 is 4.79 Å². The smallest absolute Gasteiger partial charge is 0.272 e. The number of aromatic amines is 1. The molecule has 0 atom stereocenters. The Balaban J connectivity index is 0.000000686. The van der Waals surface area contributed by atoms with Crippen LogP contribution in [0.5, 0.6) is 0 Å². The number of pyridine rings is 1. The number of amides is 1. The van der Waals surface area contributed by atoms with Gasteiger partial charge in [-0.15, -0.1) is 0 Å². The molecule has 2 rings (SSSR count). The van der Waals surface area contributed by atoms with Gasteiger partial charge in [-0.3, -0.25) is 9.78 Å². The van der Waals surface area contributed by atoms with Crippen LogP contribution in [0.15, 0.2) is 18.5 Å². The van der Waals surface area contributed by atoms with E-state index >= 15 is 0 Å². The number of nitrogens with zero attached hydrogens (tertiary/aromatic N) is 2. The minimum absolute atomic E-state index is 0.0795.